The second kappa shape index (κ2) is 5.11. The van der Waals surface area contributed by atoms with E-state index < -0.39 is 6.03 Å². The van der Waals surface area contributed by atoms with Crippen LogP contribution in [0.15, 0.2) is 18.2 Å². The lowest BCUT2D eigenvalue weighted by Gasteiger charge is -2.07. The molecule has 4 amide bonds. The molecule has 8 nitrogen and oxygen atoms in total. The number of carbonyl (C=O) groups excluding carboxylic acids is 3. The number of nitrogens with two attached hydrogens (primary N) is 1. The molecule has 1 saturated heterocycles. The molecule has 0 spiro atoms. The number of benzene rings is 1. The fourth-order valence-electron chi connectivity index (χ4n) is 2.04. The van der Waals surface area contributed by atoms with Gasteiger partial charge in [0.05, 0.1) is 10.2 Å². The van der Waals surface area contributed by atoms with E-state index in [1.54, 1.807) is 18.2 Å². The molecule has 108 valence electrons. The van der Waals surface area contributed by atoms with Crippen molar-refractivity contribution in [2.24, 2.45) is 5.84 Å². The lowest BCUT2D eigenvalue weighted by atomic mass is 10.3. The molecule has 3 rings (SSSR count). The highest BCUT2D eigenvalue weighted by Crippen LogP contribution is 2.33. The van der Waals surface area contributed by atoms with E-state index in [9.17, 15) is 14.4 Å². The Balaban J connectivity index is 1.95. The highest BCUT2D eigenvalue weighted by molar-refractivity contribution is 7.22. The van der Waals surface area contributed by atoms with Crippen LogP contribution < -0.4 is 21.5 Å². The molecule has 2 aromatic rings. The van der Waals surface area contributed by atoms with Gasteiger partial charge in [-0.3, -0.25) is 15.0 Å². The number of fused-ring (bicyclic) bond motifs is 1. The summed E-state index contributed by atoms with van der Waals surface area (Å²) in [5, 5.41) is 2.90. The summed E-state index contributed by atoms with van der Waals surface area (Å²) in [6.07, 6.45) is 0.441. The van der Waals surface area contributed by atoms with Crippen LogP contribution in [-0.4, -0.2) is 22.8 Å². The van der Waals surface area contributed by atoms with Crippen LogP contribution in [-0.2, 0) is 9.59 Å². The zero-order valence-corrected chi connectivity index (χ0v) is 11.6. The third-order valence-corrected chi connectivity index (χ3v) is 4.01. The van der Waals surface area contributed by atoms with E-state index in [0.29, 0.717) is 16.3 Å². The zero-order valence-electron chi connectivity index (χ0n) is 10.8. The van der Waals surface area contributed by atoms with Crippen molar-refractivity contribution in [2.75, 3.05) is 10.2 Å². The molecule has 1 aliphatic rings. The molecule has 1 aromatic carbocycles. The molecule has 2 heterocycles. The van der Waals surface area contributed by atoms with Gasteiger partial charge in [-0.1, -0.05) is 11.3 Å². The van der Waals surface area contributed by atoms with Gasteiger partial charge in [-0.05, 0) is 18.2 Å². The molecule has 21 heavy (non-hydrogen) atoms. The molecular weight excluding hydrogens is 294 g/mol. The predicted octanol–water partition coefficient (Wildman–Crippen LogP) is 0.945. The standard InChI is InChI=1S/C12H11N5O3S/c13-16-11(20)14-6-1-2-7-8(5-6)21-12(15-7)17-9(18)3-4-10(17)19/h1-2,5H,3-4,13H2,(H2,14,16,20). The van der Waals surface area contributed by atoms with E-state index >= 15 is 0 Å². The van der Waals surface area contributed by atoms with Crippen molar-refractivity contribution >= 4 is 50.2 Å². The lowest BCUT2D eigenvalue weighted by molar-refractivity contribution is -0.121. The van der Waals surface area contributed by atoms with Gasteiger partial charge in [0.2, 0.25) is 11.8 Å². The van der Waals surface area contributed by atoms with E-state index in [4.69, 9.17) is 5.84 Å². The van der Waals surface area contributed by atoms with Crippen molar-refractivity contribution in [2.45, 2.75) is 12.8 Å². The van der Waals surface area contributed by atoms with E-state index in [1.165, 1.54) is 11.3 Å². The van der Waals surface area contributed by atoms with Gasteiger partial charge in [0.15, 0.2) is 5.13 Å². The normalized spacial score (nSPS) is 14.8. The quantitative estimate of drug-likeness (QED) is 0.330. The summed E-state index contributed by atoms with van der Waals surface area (Å²) in [6.45, 7) is 0. The molecule has 9 heteroatoms. The minimum Gasteiger partial charge on any atom is -0.307 e. The number of carbonyl (C=O) groups is 3. The summed E-state index contributed by atoms with van der Waals surface area (Å²) in [5.74, 6) is 4.52. The molecule has 0 aliphatic carbocycles. The summed E-state index contributed by atoms with van der Waals surface area (Å²) in [4.78, 5) is 40.0. The number of thiazole rings is 1. The van der Waals surface area contributed by atoms with E-state index in [0.717, 1.165) is 9.60 Å². The van der Waals surface area contributed by atoms with Crippen LogP contribution in [0.4, 0.5) is 15.6 Å². The minimum atomic E-state index is -0.538. The number of hydrogen-bond donors (Lipinski definition) is 3. The Morgan fingerprint density at radius 1 is 1.29 bits per heavy atom. The maximum absolute atomic E-state index is 11.7. The first-order chi connectivity index (χ1) is 10.1. The molecule has 1 aromatic heterocycles. The lowest BCUT2D eigenvalue weighted by Crippen LogP contribution is -2.34. The van der Waals surface area contributed by atoms with Crippen molar-refractivity contribution in [3.8, 4) is 0 Å². The average molecular weight is 305 g/mol. The smallest absolute Gasteiger partial charge is 0.307 e. The maximum atomic E-state index is 11.7. The molecule has 1 aliphatic heterocycles. The van der Waals surface area contributed by atoms with Gasteiger partial charge < -0.3 is 5.32 Å². The van der Waals surface area contributed by atoms with Gasteiger partial charge in [0.1, 0.15) is 0 Å². The van der Waals surface area contributed by atoms with Crippen LogP contribution in [0.25, 0.3) is 10.2 Å². The van der Waals surface area contributed by atoms with E-state index in [1.807, 2.05) is 5.43 Å². The number of aromatic nitrogens is 1. The average Bonchev–Trinajstić information content (AvgIpc) is 3.01. The number of imide groups is 1. The number of hydrogen-bond acceptors (Lipinski definition) is 6. The Bertz CT molecular complexity index is 740. The summed E-state index contributed by atoms with van der Waals surface area (Å²) in [5.41, 5.74) is 3.16. The number of nitrogens with zero attached hydrogens (tertiary/aromatic N) is 2. The van der Waals surface area contributed by atoms with Crippen LogP contribution in [0.3, 0.4) is 0 Å². The number of rotatable bonds is 2. The molecule has 0 bridgehead atoms. The molecule has 4 N–H and O–H groups in total. The van der Waals surface area contributed by atoms with Crippen molar-refractivity contribution < 1.29 is 14.4 Å². The number of amides is 4. The van der Waals surface area contributed by atoms with Crippen LogP contribution in [0.1, 0.15) is 12.8 Å². The molecule has 0 radical (unpaired) electrons. The largest absolute Gasteiger partial charge is 0.333 e. The van der Waals surface area contributed by atoms with Gasteiger partial charge in [-0.15, -0.1) is 0 Å². The van der Waals surface area contributed by atoms with E-state index in [-0.39, 0.29) is 24.7 Å². The van der Waals surface area contributed by atoms with Crippen molar-refractivity contribution in [3.63, 3.8) is 0 Å². The van der Waals surface area contributed by atoms with Gasteiger partial charge in [-0.25, -0.2) is 20.5 Å². The number of nitrogens with one attached hydrogen (secondary N) is 2. The summed E-state index contributed by atoms with van der Waals surface area (Å²) in [6, 6.07) is 4.53. The summed E-state index contributed by atoms with van der Waals surface area (Å²) < 4.78 is 0.757. The number of anilines is 2. The SMILES string of the molecule is NNC(=O)Nc1ccc2nc(N3C(=O)CCC3=O)sc2c1. The number of hydrazine groups is 1. The van der Waals surface area contributed by atoms with Crippen LogP contribution >= 0.6 is 11.3 Å². The Morgan fingerprint density at radius 2 is 2.00 bits per heavy atom. The van der Waals surface area contributed by atoms with Crippen molar-refractivity contribution in [1.82, 2.24) is 10.4 Å². The summed E-state index contributed by atoms with van der Waals surface area (Å²) >= 11 is 1.22. The minimum absolute atomic E-state index is 0.220. The first-order valence-corrected chi connectivity index (χ1v) is 6.94. The van der Waals surface area contributed by atoms with Crippen molar-refractivity contribution in [3.05, 3.63) is 18.2 Å². The topological polar surface area (TPSA) is 117 Å². The van der Waals surface area contributed by atoms with E-state index in [2.05, 4.69) is 10.3 Å². The van der Waals surface area contributed by atoms with Gasteiger partial charge in [0.25, 0.3) is 0 Å². The Morgan fingerprint density at radius 3 is 2.67 bits per heavy atom. The molecule has 1 fully saturated rings. The van der Waals surface area contributed by atoms with Crippen molar-refractivity contribution in [1.29, 1.82) is 0 Å². The fourth-order valence-corrected chi connectivity index (χ4v) is 3.08. The van der Waals surface area contributed by atoms with Crippen LogP contribution in [0, 0.1) is 0 Å². The maximum Gasteiger partial charge on any atom is 0.333 e. The first kappa shape index (κ1) is 13.5. The first-order valence-electron chi connectivity index (χ1n) is 6.12. The van der Waals surface area contributed by atoms with Crippen LogP contribution in [0.2, 0.25) is 0 Å². The Kier molecular flexibility index (Phi) is 3.28. The Hall–Kier alpha value is -2.52. The fraction of sp³-hybridized carbons (Fsp3) is 0.167. The van der Waals surface area contributed by atoms with Gasteiger partial charge in [0, 0.05) is 18.5 Å². The second-order valence-electron chi connectivity index (χ2n) is 4.40. The zero-order chi connectivity index (χ0) is 15.0. The van der Waals surface area contributed by atoms with Gasteiger partial charge >= 0.3 is 6.03 Å². The van der Waals surface area contributed by atoms with Gasteiger partial charge in [-0.2, -0.15) is 0 Å². The second-order valence-corrected chi connectivity index (χ2v) is 5.41. The third-order valence-electron chi connectivity index (χ3n) is 3.01. The number of urea groups is 1. The molecule has 0 atom stereocenters. The Labute approximate surface area is 122 Å². The highest BCUT2D eigenvalue weighted by Gasteiger charge is 2.32. The predicted molar refractivity (Wildman–Crippen MR) is 77.7 cm³/mol. The third kappa shape index (κ3) is 2.43. The van der Waals surface area contributed by atoms with Crippen LogP contribution in [0.5, 0.6) is 0 Å². The highest BCUT2D eigenvalue weighted by atomic mass is 32.1. The summed E-state index contributed by atoms with van der Waals surface area (Å²) in [7, 11) is 0. The molecular formula is C12H11N5O3S. The monoisotopic (exact) mass is 305 g/mol. The molecule has 0 saturated carbocycles. The molecule has 0 unspecified atom stereocenters.